The second kappa shape index (κ2) is 12.4. The van der Waals surface area contributed by atoms with Gasteiger partial charge in [-0.05, 0) is 69.5 Å². The smallest absolute Gasteiger partial charge is 0.0714 e. The van der Waals surface area contributed by atoms with Gasteiger partial charge < -0.3 is 19.7 Å². The van der Waals surface area contributed by atoms with Crippen molar-refractivity contribution in [3.8, 4) is 11.1 Å². The van der Waals surface area contributed by atoms with Gasteiger partial charge in [-0.1, -0.05) is 94.8 Å². The number of aliphatic hydroxyl groups excluding tert-OH is 2. The van der Waals surface area contributed by atoms with Crippen LogP contribution < -0.4 is 0 Å². The molecule has 0 spiro atoms. The van der Waals surface area contributed by atoms with E-state index in [2.05, 4.69) is 107 Å². The van der Waals surface area contributed by atoms with Gasteiger partial charge in [0, 0.05) is 4.47 Å². The molecule has 0 atom stereocenters. The highest BCUT2D eigenvalue weighted by Gasteiger charge is 2.46. The number of aliphatic hydroxyl groups is 2. The molecule has 5 heteroatoms. The van der Waals surface area contributed by atoms with Gasteiger partial charge in [0.15, 0.2) is 0 Å². The standard InChI is InChI=1S/C33H33BrO4/c34-28-11-12-30-29-9-1-2-10-31(29)33(32(30)23-28,26-7-3-5-24(21-26)13-17-37-19-15-35)27-8-4-6-25(22-27)14-18-38-20-16-36/h1-12,21-23,35-36H,13-20H2. The van der Waals surface area contributed by atoms with Gasteiger partial charge in [-0.3, -0.25) is 0 Å². The predicted octanol–water partition coefficient (Wildman–Crippen LogP) is 5.92. The van der Waals surface area contributed by atoms with Crippen LogP contribution in [-0.4, -0.2) is 49.9 Å². The molecule has 38 heavy (non-hydrogen) atoms. The summed E-state index contributed by atoms with van der Waals surface area (Å²) in [7, 11) is 0. The molecular weight excluding hydrogens is 540 g/mol. The normalized spacial score (nSPS) is 13.3. The largest absolute Gasteiger partial charge is 0.394 e. The predicted molar refractivity (Wildman–Crippen MR) is 155 cm³/mol. The average molecular weight is 574 g/mol. The van der Waals surface area contributed by atoms with Crippen molar-refractivity contribution in [2.75, 3.05) is 39.6 Å². The van der Waals surface area contributed by atoms with E-state index < -0.39 is 5.41 Å². The molecule has 0 aromatic heterocycles. The molecule has 0 saturated carbocycles. The zero-order valence-corrected chi connectivity index (χ0v) is 23.0. The monoisotopic (exact) mass is 572 g/mol. The van der Waals surface area contributed by atoms with Gasteiger partial charge in [-0.25, -0.2) is 0 Å². The number of halogens is 1. The Bertz CT molecular complexity index is 1330. The van der Waals surface area contributed by atoms with Crippen molar-refractivity contribution < 1.29 is 19.7 Å². The molecule has 0 aliphatic heterocycles. The van der Waals surface area contributed by atoms with Gasteiger partial charge in [-0.2, -0.15) is 0 Å². The van der Waals surface area contributed by atoms with E-state index in [0.29, 0.717) is 26.4 Å². The van der Waals surface area contributed by atoms with Crippen LogP contribution >= 0.6 is 15.9 Å². The van der Waals surface area contributed by atoms with E-state index in [4.69, 9.17) is 19.7 Å². The van der Waals surface area contributed by atoms with Gasteiger partial charge in [0.25, 0.3) is 0 Å². The Morgan fingerprint density at radius 3 is 1.76 bits per heavy atom. The van der Waals surface area contributed by atoms with Gasteiger partial charge in [-0.15, -0.1) is 0 Å². The molecule has 4 aromatic carbocycles. The van der Waals surface area contributed by atoms with Crippen molar-refractivity contribution in [2.45, 2.75) is 18.3 Å². The first-order valence-electron chi connectivity index (χ1n) is 13.1. The van der Waals surface area contributed by atoms with Crippen LogP contribution in [0.3, 0.4) is 0 Å². The Hall–Kier alpha value is -2.80. The van der Waals surface area contributed by atoms with Crippen LogP contribution in [0.2, 0.25) is 0 Å². The van der Waals surface area contributed by atoms with E-state index >= 15 is 0 Å². The molecule has 4 nitrogen and oxygen atoms in total. The highest BCUT2D eigenvalue weighted by Crippen LogP contribution is 2.56. The quantitative estimate of drug-likeness (QED) is 0.182. The fraction of sp³-hybridized carbons (Fsp3) is 0.273. The number of ether oxygens (including phenoxy) is 2. The highest BCUT2D eigenvalue weighted by atomic mass is 79.9. The van der Waals surface area contributed by atoms with Crippen molar-refractivity contribution in [1.82, 2.24) is 0 Å². The van der Waals surface area contributed by atoms with Crippen LogP contribution in [0, 0.1) is 0 Å². The maximum absolute atomic E-state index is 9.07. The second-order valence-corrected chi connectivity index (χ2v) is 10.5. The first kappa shape index (κ1) is 26.8. The second-order valence-electron chi connectivity index (χ2n) is 9.56. The summed E-state index contributed by atoms with van der Waals surface area (Å²) in [5.74, 6) is 0. The first-order valence-corrected chi connectivity index (χ1v) is 13.9. The summed E-state index contributed by atoms with van der Waals surface area (Å²) in [5.41, 5.74) is 9.39. The molecule has 0 heterocycles. The zero-order valence-electron chi connectivity index (χ0n) is 21.4. The third-order valence-electron chi connectivity index (χ3n) is 7.27. The van der Waals surface area contributed by atoms with Crippen LogP contribution in [-0.2, 0) is 27.7 Å². The summed E-state index contributed by atoms with van der Waals surface area (Å²) in [6.45, 7) is 1.92. The molecule has 0 saturated heterocycles. The Morgan fingerprint density at radius 2 is 1.16 bits per heavy atom. The lowest BCUT2D eigenvalue weighted by molar-refractivity contribution is 0.0944. The molecule has 0 amide bonds. The fourth-order valence-corrected chi connectivity index (χ4v) is 6.03. The van der Waals surface area contributed by atoms with Crippen molar-refractivity contribution in [1.29, 1.82) is 0 Å². The molecule has 0 unspecified atom stereocenters. The average Bonchev–Trinajstić information content (AvgIpc) is 3.24. The van der Waals surface area contributed by atoms with E-state index in [9.17, 15) is 0 Å². The van der Waals surface area contributed by atoms with Crippen molar-refractivity contribution in [3.05, 3.63) is 129 Å². The number of rotatable bonds is 12. The maximum atomic E-state index is 9.07. The Labute approximate surface area is 233 Å². The maximum Gasteiger partial charge on any atom is 0.0714 e. The van der Waals surface area contributed by atoms with E-state index in [0.717, 1.165) is 17.3 Å². The molecule has 0 radical (unpaired) electrons. The summed E-state index contributed by atoms with van der Waals surface area (Å²) < 4.78 is 12.2. The van der Waals surface area contributed by atoms with Crippen LogP contribution in [0.1, 0.15) is 33.4 Å². The van der Waals surface area contributed by atoms with E-state index in [-0.39, 0.29) is 13.2 Å². The van der Waals surface area contributed by atoms with Crippen LogP contribution in [0.25, 0.3) is 11.1 Å². The molecule has 5 rings (SSSR count). The minimum atomic E-state index is -0.486. The molecule has 0 fully saturated rings. The molecule has 2 N–H and O–H groups in total. The lowest BCUT2D eigenvalue weighted by Crippen LogP contribution is -2.29. The van der Waals surface area contributed by atoms with E-state index in [1.54, 1.807) is 0 Å². The molecule has 1 aliphatic rings. The number of benzene rings is 4. The molecular formula is C33H33BrO4. The third-order valence-corrected chi connectivity index (χ3v) is 7.76. The molecule has 0 bridgehead atoms. The molecule has 4 aromatic rings. The lowest BCUT2D eigenvalue weighted by atomic mass is 9.67. The van der Waals surface area contributed by atoms with Crippen molar-refractivity contribution >= 4 is 15.9 Å². The Morgan fingerprint density at radius 1 is 0.579 bits per heavy atom. The number of hydrogen-bond acceptors (Lipinski definition) is 4. The first-order chi connectivity index (χ1) is 18.7. The van der Waals surface area contributed by atoms with Gasteiger partial charge in [0.05, 0.1) is 45.1 Å². The van der Waals surface area contributed by atoms with Crippen molar-refractivity contribution in [2.24, 2.45) is 0 Å². The summed E-state index contributed by atoms with van der Waals surface area (Å²) in [4.78, 5) is 0. The SMILES string of the molecule is OCCOCCc1cccc(C2(c3cccc(CCOCCO)c3)c3ccccc3-c3ccc(Br)cc32)c1. The third kappa shape index (κ3) is 5.22. The van der Waals surface area contributed by atoms with Crippen LogP contribution in [0.15, 0.2) is 95.5 Å². The van der Waals surface area contributed by atoms with Gasteiger partial charge in [0.1, 0.15) is 0 Å². The number of fused-ring (bicyclic) bond motifs is 3. The Balaban J connectivity index is 1.68. The summed E-state index contributed by atoms with van der Waals surface area (Å²) in [6.07, 6.45) is 1.55. The fourth-order valence-electron chi connectivity index (χ4n) is 5.67. The number of hydrogen-bond donors (Lipinski definition) is 2. The zero-order chi connectivity index (χ0) is 26.4. The minimum Gasteiger partial charge on any atom is -0.394 e. The van der Waals surface area contributed by atoms with Crippen molar-refractivity contribution in [3.63, 3.8) is 0 Å². The summed E-state index contributed by atoms with van der Waals surface area (Å²) in [6, 6.07) is 33.0. The van der Waals surface area contributed by atoms with Crippen LogP contribution in [0.4, 0.5) is 0 Å². The molecule has 196 valence electrons. The van der Waals surface area contributed by atoms with E-state index in [1.807, 2.05) is 0 Å². The van der Waals surface area contributed by atoms with E-state index in [1.165, 1.54) is 44.5 Å². The molecule has 1 aliphatic carbocycles. The van der Waals surface area contributed by atoms with Gasteiger partial charge in [0.2, 0.25) is 0 Å². The Kier molecular flexibility index (Phi) is 8.72. The summed E-state index contributed by atoms with van der Waals surface area (Å²) >= 11 is 3.76. The lowest BCUT2D eigenvalue weighted by Gasteiger charge is -2.34. The van der Waals surface area contributed by atoms with Crippen LogP contribution in [0.5, 0.6) is 0 Å². The minimum absolute atomic E-state index is 0.0347. The highest BCUT2D eigenvalue weighted by molar-refractivity contribution is 9.10. The topological polar surface area (TPSA) is 58.9 Å². The summed E-state index contributed by atoms with van der Waals surface area (Å²) in [5, 5.41) is 18.1. The van der Waals surface area contributed by atoms with Gasteiger partial charge >= 0.3 is 0 Å².